The van der Waals surface area contributed by atoms with Crippen LogP contribution in [0, 0.1) is 10.7 Å². The summed E-state index contributed by atoms with van der Waals surface area (Å²) in [5.41, 5.74) is 0.357. The van der Waals surface area contributed by atoms with E-state index in [-0.39, 0.29) is 18.8 Å². The van der Waals surface area contributed by atoms with Crippen molar-refractivity contribution < 1.29 is 23.5 Å². The summed E-state index contributed by atoms with van der Waals surface area (Å²) in [5, 5.41) is 2.52. The van der Waals surface area contributed by atoms with Crippen LogP contribution in [-0.4, -0.2) is 18.5 Å². The second-order valence-electron chi connectivity index (χ2n) is 5.08. The van der Waals surface area contributed by atoms with E-state index in [1.807, 2.05) is 6.07 Å². The molecule has 0 fully saturated rings. The third kappa shape index (κ3) is 4.69. The molecular weight excluding hydrogens is 329 g/mol. The number of carbonyl (C=O) groups excluding carboxylic acids is 2. The van der Waals surface area contributed by atoms with Gasteiger partial charge in [0.2, 0.25) is 0 Å². The Balaban J connectivity index is 2.23. The Morgan fingerprint density at radius 2 is 1.76 bits per heavy atom. The van der Waals surface area contributed by atoms with Crippen LogP contribution in [0.2, 0.25) is 0 Å². The predicted octanol–water partition coefficient (Wildman–Crippen LogP) is 3.61. The molecule has 0 amide bonds. The van der Waals surface area contributed by atoms with Gasteiger partial charge in [0, 0.05) is 0 Å². The molecule has 0 aliphatic carbocycles. The van der Waals surface area contributed by atoms with Crippen molar-refractivity contribution in [2.75, 3.05) is 6.61 Å². The summed E-state index contributed by atoms with van der Waals surface area (Å²) in [6.07, 6.45) is 0. The maximum atomic E-state index is 13.8. The number of ether oxygens (including phenoxy) is 2. The van der Waals surface area contributed by atoms with E-state index in [0.29, 0.717) is 0 Å². The zero-order valence-electron chi connectivity index (χ0n) is 13.5. The molecule has 2 rings (SSSR count). The third-order valence-corrected chi connectivity index (χ3v) is 3.39. The van der Waals surface area contributed by atoms with E-state index in [0.717, 1.165) is 17.7 Å². The molecule has 7 heteroatoms. The lowest BCUT2D eigenvalue weighted by Gasteiger charge is -2.15. The van der Waals surface area contributed by atoms with Gasteiger partial charge in [-0.1, -0.05) is 36.4 Å². The molecule has 1 unspecified atom stereocenters. The van der Waals surface area contributed by atoms with Gasteiger partial charge < -0.3 is 9.47 Å². The van der Waals surface area contributed by atoms with Crippen LogP contribution in [0.1, 0.15) is 24.0 Å². The average molecular weight is 345 g/mol. The lowest BCUT2D eigenvalue weighted by molar-refractivity contribution is -0.158. The van der Waals surface area contributed by atoms with Crippen molar-refractivity contribution in [2.45, 2.75) is 19.4 Å². The molecule has 0 spiro atoms. The van der Waals surface area contributed by atoms with E-state index in [1.54, 1.807) is 31.2 Å². The van der Waals surface area contributed by atoms with E-state index in [4.69, 9.17) is 9.47 Å². The van der Waals surface area contributed by atoms with Gasteiger partial charge in [-0.05, 0) is 35.4 Å². The summed E-state index contributed by atoms with van der Waals surface area (Å²) in [6, 6.07) is 12.2. The first-order chi connectivity index (χ1) is 12.1. The fourth-order valence-corrected chi connectivity index (χ4v) is 2.18. The van der Waals surface area contributed by atoms with Crippen molar-refractivity contribution in [2.24, 2.45) is 5.18 Å². The number of halogens is 1. The highest BCUT2D eigenvalue weighted by molar-refractivity contribution is 6.00. The summed E-state index contributed by atoms with van der Waals surface area (Å²) >= 11 is 0. The van der Waals surface area contributed by atoms with Crippen LogP contribution in [0.25, 0.3) is 0 Å². The van der Waals surface area contributed by atoms with Gasteiger partial charge in [-0.3, -0.25) is 9.59 Å². The first-order valence-corrected chi connectivity index (χ1v) is 7.56. The highest BCUT2D eigenvalue weighted by Crippen LogP contribution is 2.26. The van der Waals surface area contributed by atoms with Crippen molar-refractivity contribution >= 4 is 17.6 Å². The van der Waals surface area contributed by atoms with Gasteiger partial charge in [0.25, 0.3) is 0 Å². The molecule has 0 heterocycles. The fraction of sp³-hybridized carbons (Fsp3) is 0.222. The first-order valence-electron chi connectivity index (χ1n) is 7.56. The minimum atomic E-state index is -1.45. The Labute approximate surface area is 143 Å². The number of nitroso groups, excluding NO2 is 1. The van der Waals surface area contributed by atoms with Crippen LogP contribution in [0.3, 0.4) is 0 Å². The van der Waals surface area contributed by atoms with Gasteiger partial charge in [-0.2, -0.15) is 0 Å². The van der Waals surface area contributed by atoms with Crippen molar-refractivity contribution in [3.05, 3.63) is 70.4 Å². The van der Waals surface area contributed by atoms with E-state index < -0.39 is 29.4 Å². The number of hydrogen-bond acceptors (Lipinski definition) is 6. The van der Waals surface area contributed by atoms with Crippen molar-refractivity contribution in [1.29, 1.82) is 0 Å². The van der Waals surface area contributed by atoms with E-state index in [2.05, 4.69) is 5.18 Å². The van der Waals surface area contributed by atoms with Crippen LogP contribution in [0.4, 0.5) is 10.1 Å². The largest absolute Gasteiger partial charge is 0.465 e. The monoisotopic (exact) mass is 345 g/mol. The van der Waals surface area contributed by atoms with Gasteiger partial charge in [-0.15, -0.1) is 4.91 Å². The Hall–Kier alpha value is -3.09. The molecule has 0 saturated carbocycles. The second-order valence-corrected chi connectivity index (χ2v) is 5.08. The molecule has 0 N–H and O–H groups in total. The molecule has 0 aliphatic rings. The topological polar surface area (TPSA) is 82.0 Å². The van der Waals surface area contributed by atoms with Crippen molar-refractivity contribution in [3.8, 4) is 0 Å². The maximum Gasteiger partial charge on any atom is 0.325 e. The van der Waals surface area contributed by atoms with Crippen LogP contribution in [0.15, 0.2) is 53.7 Å². The zero-order chi connectivity index (χ0) is 18.2. The van der Waals surface area contributed by atoms with Crippen LogP contribution < -0.4 is 0 Å². The van der Waals surface area contributed by atoms with Crippen LogP contribution in [0.5, 0.6) is 0 Å². The smallest absolute Gasteiger partial charge is 0.325 e. The standard InChI is InChI=1S/C18H16FNO5/c1-2-24-17(21)16(13-8-9-15(20-23)14(19)10-13)18(22)25-11-12-6-4-3-5-7-12/h3-10,16H,2,11H2,1H3. The predicted molar refractivity (Wildman–Crippen MR) is 87.5 cm³/mol. The van der Waals surface area contributed by atoms with Crippen molar-refractivity contribution in [1.82, 2.24) is 0 Å². The summed E-state index contributed by atoms with van der Waals surface area (Å²) < 4.78 is 23.8. The molecule has 1 atom stereocenters. The Morgan fingerprint density at radius 3 is 2.36 bits per heavy atom. The number of carbonyl (C=O) groups is 2. The second kappa shape index (κ2) is 8.68. The summed E-state index contributed by atoms with van der Waals surface area (Å²) in [4.78, 5) is 35.0. The van der Waals surface area contributed by atoms with Crippen molar-refractivity contribution in [3.63, 3.8) is 0 Å². The van der Waals surface area contributed by atoms with Crippen LogP contribution >= 0.6 is 0 Å². The summed E-state index contributed by atoms with van der Waals surface area (Å²) in [5.74, 6) is -4.10. The highest BCUT2D eigenvalue weighted by Gasteiger charge is 2.32. The number of hydrogen-bond donors (Lipinski definition) is 0. The summed E-state index contributed by atoms with van der Waals surface area (Å²) in [6.45, 7) is 1.61. The molecule has 130 valence electrons. The highest BCUT2D eigenvalue weighted by atomic mass is 19.1. The molecule has 0 bridgehead atoms. The normalized spacial score (nSPS) is 11.4. The molecule has 0 saturated heterocycles. The molecule has 6 nitrogen and oxygen atoms in total. The third-order valence-electron chi connectivity index (χ3n) is 3.39. The molecule has 0 aliphatic heterocycles. The SMILES string of the molecule is CCOC(=O)C(C(=O)OCc1ccccc1)c1ccc(N=O)c(F)c1. The Morgan fingerprint density at radius 1 is 1.08 bits per heavy atom. The van der Waals surface area contributed by atoms with Gasteiger partial charge in [0.05, 0.1) is 6.61 Å². The Kier molecular flexibility index (Phi) is 6.33. The quantitative estimate of drug-likeness (QED) is 0.435. The van der Waals surface area contributed by atoms with Gasteiger partial charge in [0.15, 0.2) is 11.7 Å². The fourth-order valence-electron chi connectivity index (χ4n) is 2.18. The molecule has 0 aromatic heterocycles. The number of nitrogens with zero attached hydrogens (tertiary/aromatic N) is 1. The van der Waals surface area contributed by atoms with Gasteiger partial charge in [-0.25, -0.2) is 4.39 Å². The summed E-state index contributed by atoms with van der Waals surface area (Å²) in [7, 11) is 0. The van der Waals surface area contributed by atoms with E-state index >= 15 is 0 Å². The molecule has 2 aromatic carbocycles. The number of esters is 2. The minimum absolute atomic E-state index is 0.0291. The Bertz CT molecular complexity index is 763. The molecular formula is C18H16FNO5. The molecule has 2 aromatic rings. The van der Waals surface area contributed by atoms with Gasteiger partial charge in [0.1, 0.15) is 12.3 Å². The number of benzene rings is 2. The zero-order valence-corrected chi connectivity index (χ0v) is 13.5. The molecule has 0 radical (unpaired) electrons. The van der Waals surface area contributed by atoms with Crippen LogP contribution in [-0.2, 0) is 25.7 Å². The minimum Gasteiger partial charge on any atom is -0.465 e. The average Bonchev–Trinajstić information content (AvgIpc) is 2.61. The van der Waals surface area contributed by atoms with Gasteiger partial charge >= 0.3 is 11.9 Å². The number of rotatable bonds is 7. The first kappa shape index (κ1) is 18.3. The lowest BCUT2D eigenvalue weighted by atomic mass is 9.98. The maximum absolute atomic E-state index is 13.8. The molecule has 25 heavy (non-hydrogen) atoms. The van der Waals surface area contributed by atoms with E-state index in [1.165, 1.54) is 6.07 Å². The van der Waals surface area contributed by atoms with E-state index in [9.17, 15) is 18.9 Å². The lowest BCUT2D eigenvalue weighted by Crippen LogP contribution is -2.26.